The van der Waals surface area contributed by atoms with Crippen molar-refractivity contribution in [1.29, 1.82) is 0 Å². The van der Waals surface area contributed by atoms with E-state index >= 15 is 0 Å². The summed E-state index contributed by atoms with van der Waals surface area (Å²) in [7, 11) is 1.80. The van der Waals surface area contributed by atoms with E-state index in [4.69, 9.17) is 4.74 Å². The summed E-state index contributed by atoms with van der Waals surface area (Å²) in [5.74, 6) is 1.84. The summed E-state index contributed by atoms with van der Waals surface area (Å²) >= 11 is 4.45. The van der Waals surface area contributed by atoms with Crippen LogP contribution in [0.2, 0.25) is 0 Å². The minimum atomic E-state index is 0.588. The Kier molecular flexibility index (Phi) is 3.40. The van der Waals surface area contributed by atoms with Crippen LogP contribution in [0.15, 0.2) is 0 Å². The lowest BCUT2D eigenvalue weighted by atomic mass is 10.1. The van der Waals surface area contributed by atoms with Crippen molar-refractivity contribution in [3.8, 4) is 0 Å². The third-order valence-corrected chi connectivity index (χ3v) is 4.29. The Hall–Kier alpha value is 0.270. The quantitative estimate of drug-likeness (QED) is 0.700. The fourth-order valence-corrected chi connectivity index (χ4v) is 2.86. The van der Waals surface area contributed by atoms with Crippen LogP contribution in [-0.4, -0.2) is 44.0 Å². The average molecular weight is 215 g/mol. The van der Waals surface area contributed by atoms with Gasteiger partial charge in [0.1, 0.15) is 0 Å². The number of hydrogen-bond donors (Lipinski definition) is 1. The molecule has 1 saturated carbocycles. The van der Waals surface area contributed by atoms with Crippen LogP contribution in [0.25, 0.3) is 0 Å². The normalized spacial score (nSPS) is 30.9. The van der Waals surface area contributed by atoms with E-state index in [2.05, 4.69) is 17.5 Å². The van der Waals surface area contributed by atoms with Gasteiger partial charge in [0, 0.05) is 20.2 Å². The zero-order valence-corrected chi connectivity index (χ0v) is 9.93. The first-order valence-electron chi connectivity index (χ1n) is 5.60. The van der Waals surface area contributed by atoms with Crippen molar-refractivity contribution < 1.29 is 4.74 Å². The maximum absolute atomic E-state index is 5.20. The molecule has 1 heterocycles. The van der Waals surface area contributed by atoms with Crippen LogP contribution in [0.4, 0.5) is 0 Å². The summed E-state index contributed by atoms with van der Waals surface area (Å²) in [6, 6.07) is 0. The van der Waals surface area contributed by atoms with E-state index in [-0.39, 0.29) is 0 Å². The molecule has 1 atom stereocenters. The Morgan fingerprint density at radius 1 is 1.50 bits per heavy atom. The van der Waals surface area contributed by atoms with Gasteiger partial charge in [0.2, 0.25) is 0 Å². The summed E-state index contributed by atoms with van der Waals surface area (Å²) in [5.41, 5.74) is 0.588. The van der Waals surface area contributed by atoms with E-state index in [0.29, 0.717) is 5.41 Å². The zero-order chi connectivity index (χ0) is 10.0. The van der Waals surface area contributed by atoms with E-state index in [9.17, 15) is 0 Å². The first kappa shape index (κ1) is 10.8. The number of thiol groups is 1. The maximum atomic E-state index is 5.20. The van der Waals surface area contributed by atoms with Gasteiger partial charge in [-0.15, -0.1) is 0 Å². The highest BCUT2D eigenvalue weighted by Crippen LogP contribution is 2.47. The topological polar surface area (TPSA) is 12.5 Å². The Labute approximate surface area is 92.4 Å². The molecule has 0 aromatic rings. The number of nitrogens with zero attached hydrogens (tertiary/aromatic N) is 1. The fraction of sp³-hybridized carbons (Fsp3) is 1.00. The molecule has 2 aliphatic rings. The SMILES string of the molecule is COCC1CCN(CC2(CS)CC2)C1. The van der Waals surface area contributed by atoms with Crippen LogP contribution in [0.5, 0.6) is 0 Å². The van der Waals surface area contributed by atoms with Gasteiger partial charge in [-0.2, -0.15) is 12.6 Å². The van der Waals surface area contributed by atoms with Crippen molar-refractivity contribution in [2.24, 2.45) is 11.3 Å². The second-order valence-electron chi connectivity index (χ2n) is 5.00. The van der Waals surface area contributed by atoms with Gasteiger partial charge in [0.25, 0.3) is 0 Å². The van der Waals surface area contributed by atoms with Gasteiger partial charge >= 0.3 is 0 Å². The molecule has 0 aromatic heterocycles. The van der Waals surface area contributed by atoms with Gasteiger partial charge in [-0.3, -0.25) is 0 Å². The van der Waals surface area contributed by atoms with E-state index in [1.165, 1.54) is 38.9 Å². The van der Waals surface area contributed by atoms with E-state index < -0.39 is 0 Å². The smallest absolute Gasteiger partial charge is 0.0503 e. The number of methoxy groups -OCH3 is 1. The van der Waals surface area contributed by atoms with E-state index in [1.807, 2.05) is 0 Å². The minimum Gasteiger partial charge on any atom is -0.384 e. The second-order valence-corrected chi connectivity index (χ2v) is 5.32. The molecule has 3 heteroatoms. The Morgan fingerprint density at radius 2 is 2.29 bits per heavy atom. The number of ether oxygens (including phenoxy) is 1. The van der Waals surface area contributed by atoms with Crippen LogP contribution in [0, 0.1) is 11.3 Å². The molecule has 1 saturated heterocycles. The lowest BCUT2D eigenvalue weighted by Crippen LogP contribution is -2.29. The lowest BCUT2D eigenvalue weighted by molar-refractivity contribution is 0.151. The molecule has 2 rings (SSSR count). The zero-order valence-electron chi connectivity index (χ0n) is 9.04. The maximum Gasteiger partial charge on any atom is 0.0503 e. The molecule has 2 nitrogen and oxygen atoms in total. The molecule has 0 amide bonds. The molecule has 0 aromatic carbocycles. The van der Waals surface area contributed by atoms with Crippen molar-refractivity contribution in [2.75, 3.05) is 39.1 Å². The molecule has 82 valence electrons. The monoisotopic (exact) mass is 215 g/mol. The highest BCUT2D eigenvalue weighted by atomic mass is 32.1. The van der Waals surface area contributed by atoms with Crippen molar-refractivity contribution in [3.63, 3.8) is 0 Å². The number of rotatable bonds is 5. The molecule has 14 heavy (non-hydrogen) atoms. The Bertz CT molecular complexity index is 194. The molecule has 0 N–H and O–H groups in total. The largest absolute Gasteiger partial charge is 0.384 e. The average Bonchev–Trinajstić information content (AvgIpc) is 2.82. The van der Waals surface area contributed by atoms with Gasteiger partial charge in [0.05, 0.1) is 6.61 Å². The third kappa shape index (κ3) is 2.44. The van der Waals surface area contributed by atoms with Gasteiger partial charge in [-0.25, -0.2) is 0 Å². The summed E-state index contributed by atoms with van der Waals surface area (Å²) in [6.45, 7) is 4.72. The van der Waals surface area contributed by atoms with Gasteiger partial charge in [-0.1, -0.05) is 0 Å². The highest BCUT2D eigenvalue weighted by molar-refractivity contribution is 7.80. The first-order chi connectivity index (χ1) is 6.78. The number of hydrogen-bond acceptors (Lipinski definition) is 3. The first-order valence-corrected chi connectivity index (χ1v) is 6.23. The molecular weight excluding hydrogens is 194 g/mol. The van der Waals surface area contributed by atoms with Gasteiger partial charge < -0.3 is 9.64 Å². The molecule has 1 aliphatic carbocycles. The standard InChI is InChI=1S/C11H21NOS/c1-13-7-10-2-5-12(6-10)8-11(9-14)3-4-11/h10,14H,2-9H2,1H3. The molecule has 1 unspecified atom stereocenters. The van der Waals surface area contributed by atoms with Crippen molar-refractivity contribution >= 4 is 12.6 Å². The van der Waals surface area contributed by atoms with Crippen LogP contribution in [0.1, 0.15) is 19.3 Å². The van der Waals surface area contributed by atoms with Crippen LogP contribution in [-0.2, 0) is 4.74 Å². The molecule has 0 radical (unpaired) electrons. The predicted octanol–water partition coefficient (Wildman–Crippen LogP) is 1.66. The van der Waals surface area contributed by atoms with Crippen molar-refractivity contribution in [1.82, 2.24) is 4.90 Å². The molecule has 0 spiro atoms. The van der Waals surface area contributed by atoms with Gasteiger partial charge in [0.15, 0.2) is 0 Å². The van der Waals surface area contributed by atoms with Crippen LogP contribution < -0.4 is 0 Å². The third-order valence-electron chi connectivity index (χ3n) is 3.62. The fourth-order valence-electron chi connectivity index (χ4n) is 2.45. The summed E-state index contributed by atoms with van der Waals surface area (Å²) in [6.07, 6.45) is 4.10. The molecular formula is C11H21NOS. The Balaban J connectivity index is 1.73. The lowest BCUT2D eigenvalue weighted by Gasteiger charge is -2.21. The second kappa shape index (κ2) is 4.42. The minimum absolute atomic E-state index is 0.588. The molecule has 1 aliphatic heterocycles. The van der Waals surface area contributed by atoms with E-state index in [0.717, 1.165) is 18.3 Å². The summed E-state index contributed by atoms with van der Waals surface area (Å²) in [5, 5.41) is 0. The molecule has 2 fully saturated rings. The van der Waals surface area contributed by atoms with Gasteiger partial charge in [-0.05, 0) is 42.9 Å². The summed E-state index contributed by atoms with van der Waals surface area (Å²) < 4.78 is 5.20. The summed E-state index contributed by atoms with van der Waals surface area (Å²) in [4.78, 5) is 2.60. The van der Waals surface area contributed by atoms with Crippen LogP contribution >= 0.6 is 12.6 Å². The van der Waals surface area contributed by atoms with Crippen molar-refractivity contribution in [2.45, 2.75) is 19.3 Å². The molecule has 0 bridgehead atoms. The predicted molar refractivity (Wildman–Crippen MR) is 61.9 cm³/mol. The highest BCUT2D eigenvalue weighted by Gasteiger charge is 2.43. The Morgan fingerprint density at radius 3 is 2.86 bits per heavy atom. The van der Waals surface area contributed by atoms with E-state index in [1.54, 1.807) is 7.11 Å². The number of likely N-dealkylation sites (tertiary alicyclic amines) is 1. The van der Waals surface area contributed by atoms with Crippen molar-refractivity contribution in [3.05, 3.63) is 0 Å². The van der Waals surface area contributed by atoms with Crippen LogP contribution in [0.3, 0.4) is 0 Å².